The van der Waals surface area contributed by atoms with Crippen molar-refractivity contribution >= 4 is 33.7 Å². The average molecular weight is 1100 g/mol. The molecule has 0 aromatic heterocycles. The van der Waals surface area contributed by atoms with Crippen molar-refractivity contribution in [1.82, 2.24) is 0 Å². The number of halogens is 20. The number of hydrogen-bond donors (Lipinski definition) is 1. The maximum absolute atomic E-state index is 15.4. The summed E-state index contributed by atoms with van der Waals surface area (Å²) < 4.78 is 294. The van der Waals surface area contributed by atoms with E-state index in [9.17, 15) is 52.7 Å². The molecule has 1 nitrogen and oxygen atoms in total. The first-order valence-corrected chi connectivity index (χ1v) is 24.6. The fraction of sp³-hybridized carbons (Fsp3) is 0.434. The monoisotopic (exact) mass is 1100 g/mol. The highest BCUT2D eigenvalue weighted by Gasteiger charge is 2.52. The lowest BCUT2D eigenvalue weighted by atomic mass is 9.12. The minimum absolute atomic E-state index is 1.32. The van der Waals surface area contributed by atoms with Gasteiger partial charge in [0.2, 0.25) is 0 Å². The van der Waals surface area contributed by atoms with Crippen molar-refractivity contribution < 1.29 is 92.7 Å². The number of quaternary nitrogens is 1. The fourth-order valence-electron chi connectivity index (χ4n) is 9.54. The Morgan fingerprint density at radius 2 is 0.480 bits per heavy atom. The summed E-state index contributed by atoms with van der Waals surface area (Å²) in [5, 5.41) is 0. The molecule has 0 saturated carbocycles. The number of benzene rings is 5. The van der Waals surface area contributed by atoms with Gasteiger partial charge in [-0.3, -0.25) is 0 Å². The summed E-state index contributed by atoms with van der Waals surface area (Å²) in [6.07, 6.45) is 18.4. The molecule has 1 N–H and O–H groups in total. The van der Waals surface area contributed by atoms with Gasteiger partial charge in [0, 0.05) is 5.56 Å². The van der Waals surface area contributed by atoms with Crippen LogP contribution in [0, 0.1) is 123 Å². The van der Waals surface area contributed by atoms with Crippen LogP contribution < -0.4 is 26.8 Å². The maximum atomic E-state index is 15.4. The molecule has 414 valence electrons. The zero-order valence-corrected chi connectivity index (χ0v) is 41.1. The Balaban J connectivity index is 0.000000354. The molecular formula is C53H54BF20N. The molecule has 0 radical (unpaired) electrons. The van der Waals surface area contributed by atoms with Gasteiger partial charge in [-0.1, -0.05) is 122 Å². The largest absolute Gasteiger partial charge is 0.302 e. The van der Waals surface area contributed by atoms with E-state index in [0.29, 0.717) is 0 Å². The Kier molecular flexibility index (Phi) is 23.4. The van der Waals surface area contributed by atoms with Crippen LogP contribution in [0.2, 0.25) is 0 Å². The molecule has 0 aliphatic rings. The van der Waals surface area contributed by atoms with Crippen LogP contribution in [0.5, 0.6) is 0 Å². The van der Waals surface area contributed by atoms with Crippen molar-refractivity contribution in [3.8, 4) is 0 Å². The first-order chi connectivity index (χ1) is 35.5. The van der Waals surface area contributed by atoms with Gasteiger partial charge in [-0.05, 0) is 38.7 Å². The van der Waals surface area contributed by atoms with Gasteiger partial charge in [0.15, 0.2) is 69.8 Å². The highest BCUT2D eigenvalue weighted by Crippen LogP contribution is 2.31. The SMILES string of the molecule is CCCCCCCCCCCC[NH+](CCCCCCCCCC)c1ccccc1C.Fc1c(F)c(F)c([B-](c2c(F)c(F)c(F)c(F)c2F)(c2c(F)c(F)c(F)c(F)c2F)c2c(F)c(F)c(F)c(F)c2F)c(F)c1F. The van der Waals surface area contributed by atoms with Crippen LogP contribution in [-0.4, -0.2) is 19.2 Å². The van der Waals surface area contributed by atoms with Crippen molar-refractivity contribution in [1.29, 1.82) is 0 Å². The predicted octanol–water partition coefficient (Wildman–Crippen LogP) is 14.4. The third kappa shape index (κ3) is 13.3. The van der Waals surface area contributed by atoms with E-state index >= 15 is 35.1 Å². The van der Waals surface area contributed by atoms with E-state index in [1.807, 2.05) is 0 Å². The minimum Gasteiger partial charge on any atom is -0.302 e. The molecule has 0 spiro atoms. The topological polar surface area (TPSA) is 4.44 Å². The summed E-state index contributed by atoms with van der Waals surface area (Å²) in [6, 6.07) is 9.08. The van der Waals surface area contributed by atoms with Crippen LogP contribution in [-0.2, 0) is 0 Å². The van der Waals surface area contributed by atoms with Gasteiger partial charge in [-0.15, -0.1) is 21.9 Å². The van der Waals surface area contributed by atoms with E-state index in [2.05, 4.69) is 45.0 Å². The smallest absolute Gasteiger partial charge is 0.200 e. The number of rotatable bonds is 25. The summed E-state index contributed by atoms with van der Waals surface area (Å²) >= 11 is 0. The van der Waals surface area contributed by atoms with Gasteiger partial charge in [-0.2, -0.15) is 0 Å². The quantitative estimate of drug-likeness (QED) is 0.0195. The Bertz CT molecular complexity index is 2370. The van der Waals surface area contributed by atoms with E-state index in [1.165, 1.54) is 134 Å². The number of hydrogen-bond acceptors (Lipinski definition) is 0. The first kappa shape index (κ1) is 62.3. The van der Waals surface area contributed by atoms with Gasteiger partial charge < -0.3 is 4.90 Å². The van der Waals surface area contributed by atoms with E-state index in [-0.39, 0.29) is 0 Å². The van der Waals surface area contributed by atoms with Crippen LogP contribution in [0.25, 0.3) is 0 Å². The van der Waals surface area contributed by atoms with Crippen LogP contribution in [0.1, 0.15) is 135 Å². The second-order valence-electron chi connectivity index (χ2n) is 18.4. The molecule has 5 aromatic rings. The van der Waals surface area contributed by atoms with Crippen LogP contribution in [0.3, 0.4) is 0 Å². The molecule has 0 heterocycles. The molecule has 5 aromatic carbocycles. The molecule has 5 rings (SSSR count). The van der Waals surface area contributed by atoms with E-state index in [0.717, 1.165) is 0 Å². The third-order valence-electron chi connectivity index (χ3n) is 13.4. The Morgan fingerprint density at radius 3 is 0.707 bits per heavy atom. The van der Waals surface area contributed by atoms with Gasteiger partial charge >= 0.3 is 0 Å². The number of unbranched alkanes of at least 4 members (excludes halogenated alkanes) is 16. The lowest BCUT2D eigenvalue weighted by Crippen LogP contribution is -3.07. The molecule has 0 saturated heterocycles. The number of para-hydroxylation sites is 1. The predicted molar refractivity (Wildman–Crippen MR) is 245 cm³/mol. The van der Waals surface area contributed by atoms with Gasteiger partial charge in [0.1, 0.15) is 58.4 Å². The zero-order valence-electron chi connectivity index (χ0n) is 41.1. The Hall–Kier alpha value is -5.28. The van der Waals surface area contributed by atoms with E-state index < -0.39 is 144 Å². The molecule has 0 aliphatic carbocycles. The Morgan fingerprint density at radius 1 is 0.280 bits per heavy atom. The van der Waals surface area contributed by atoms with Crippen molar-refractivity contribution in [3.63, 3.8) is 0 Å². The van der Waals surface area contributed by atoms with E-state index in [1.54, 1.807) is 10.6 Å². The molecular weight excluding hydrogens is 1040 g/mol. The van der Waals surface area contributed by atoms with E-state index in [4.69, 9.17) is 0 Å². The molecule has 0 bridgehead atoms. The number of nitrogens with one attached hydrogen (secondary N) is 1. The summed E-state index contributed by atoms with van der Waals surface area (Å²) in [6.45, 7) is 9.53. The molecule has 22 heteroatoms. The van der Waals surface area contributed by atoms with Crippen LogP contribution in [0.4, 0.5) is 93.5 Å². The molecule has 75 heavy (non-hydrogen) atoms. The molecule has 1 unspecified atom stereocenters. The van der Waals surface area contributed by atoms with Crippen molar-refractivity contribution in [2.45, 2.75) is 136 Å². The normalized spacial score (nSPS) is 12.1. The molecule has 0 fully saturated rings. The molecule has 1 atom stereocenters. The maximum Gasteiger partial charge on any atom is 0.200 e. The first-order valence-electron chi connectivity index (χ1n) is 24.6. The molecule has 0 aliphatic heterocycles. The lowest BCUT2D eigenvalue weighted by molar-refractivity contribution is -0.833. The van der Waals surface area contributed by atoms with Crippen molar-refractivity contribution in [2.75, 3.05) is 13.1 Å². The summed E-state index contributed by atoms with van der Waals surface area (Å²) in [5.41, 5.74) is -11.3. The standard InChI is InChI=1S/C29H53N.C24BF20/c1-4-6-8-10-12-14-15-17-19-23-27-30(29-25-21-20-24-28(29)3)26-22-18-16-13-11-9-7-5-2;26-5-1(6(27)14(35)21(42)13(5)34)25(2-7(28)15(36)22(43)16(37)8(2)29,3-9(30)17(38)23(44)18(39)10(3)31)4-11(32)19(40)24(45)20(41)12(4)33/h20-21,24-25H,4-19,22-23,26-27H2,1-3H3;/q;-1/p+1. The second-order valence-corrected chi connectivity index (χ2v) is 18.4. The minimum atomic E-state index is -7.22. The fourth-order valence-corrected chi connectivity index (χ4v) is 9.54. The highest BCUT2D eigenvalue weighted by atomic mass is 19.2. The zero-order chi connectivity index (χ0) is 56.1. The van der Waals surface area contributed by atoms with Gasteiger partial charge in [0.25, 0.3) is 0 Å². The summed E-state index contributed by atoms with van der Waals surface area (Å²) in [5.74, 6) is -71.4. The average Bonchev–Trinajstić information content (AvgIpc) is 3.39. The Labute approximate surface area is 421 Å². The summed E-state index contributed by atoms with van der Waals surface area (Å²) in [7, 11) is 0. The number of aryl methyl sites for hydroxylation is 1. The van der Waals surface area contributed by atoms with Crippen molar-refractivity contribution in [3.05, 3.63) is 146 Å². The lowest BCUT2D eigenvalue weighted by Gasteiger charge is -2.44. The molecule has 0 amide bonds. The van der Waals surface area contributed by atoms with Crippen LogP contribution >= 0.6 is 0 Å². The van der Waals surface area contributed by atoms with Crippen LogP contribution in [0.15, 0.2) is 24.3 Å². The van der Waals surface area contributed by atoms with Crippen molar-refractivity contribution in [2.24, 2.45) is 0 Å². The van der Waals surface area contributed by atoms with Gasteiger partial charge in [0.05, 0.1) is 13.1 Å². The summed E-state index contributed by atoms with van der Waals surface area (Å²) in [4.78, 5) is 1.73. The van der Waals surface area contributed by atoms with Gasteiger partial charge in [-0.25, -0.2) is 87.8 Å². The second kappa shape index (κ2) is 28.2. The highest BCUT2D eigenvalue weighted by molar-refractivity contribution is 7.20. The third-order valence-corrected chi connectivity index (χ3v) is 13.4.